The van der Waals surface area contributed by atoms with Crippen molar-refractivity contribution in [2.75, 3.05) is 18.0 Å². The van der Waals surface area contributed by atoms with Gasteiger partial charge in [-0.15, -0.1) is 0 Å². The van der Waals surface area contributed by atoms with E-state index in [0.717, 1.165) is 0 Å². The number of hydrogen-bond acceptors (Lipinski definition) is 5. The Kier molecular flexibility index (Phi) is 3.38. The van der Waals surface area contributed by atoms with Crippen LogP contribution < -0.4 is 9.64 Å². The van der Waals surface area contributed by atoms with Crippen LogP contribution in [0.5, 0.6) is 5.75 Å². The molecule has 0 radical (unpaired) electrons. The molecular weight excluding hydrogens is 236 g/mol. The molecular formula is C12H16N2O4. The van der Waals surface area contributed by atoms with Gasteiger partial charge in [-0.1, -0.05) is 6.07 Å². The maximum Gasteiger partial charge on any atom is 0.333 e. The summed E-state index contributed by atoms with van der Waals surface area (Å²) >= 11 is 0. The molecule has 0 amide bonds. The summed E-state index contributed by atoms with van der Waals surface area (Å²) in [5, 5.41) is 20.5. The molecule has 1 fully saturated rings. The fourth-order valence-electron chi connectivity index (χ4n) is 1.95. The fraction of sp³-hybridized carbons (Fsp3) is 0.500. The minimum absolute atomic E-state index is 0.0295. The third-order valence-corrected chi connectivity index (χ3v) is 2.73. The number of β-amino-alcohol motifs (C(OH)–C–C–N with tert-alkyl or cyclic N) is 1. The molecule has 0 saturated carbocycles. The Balaban J connectivity index is 2.36. The normalized spacial score (nSPS) is 15.7. The number of aliphatic hydroxyl groups excluding tert-OH is 1. The molecule has 0 unspecified atom stereocenters. The van der Waals surface area contributed by atoms with E-state index in [1.165, 1.54) is 0 Å². The molecule has 0 bridgehead atoms. The number of para-hydroxylation sites is 1. The Labute approximate surface area is 105 Å². The molecule has 18 heavy (non-hydrogen) atoms. The molecule has 1 heterocycles. The average molecular weight is 252 g/mol. The van der Waals surface area contributed by atoms with Crippen LogP contribution in [-0.4, -0.2) is 35.3 Å². The molecule has 1 N–H and O–H groups in total. The minimum Gasteiger partial charge on any atom is -0.484 e. The molecule has 1 aliphatic heterocycles. The van der Waals surface area contributed by atoms with Crippen LogP contribution in [0.4, 0.5) is 11.4 Å². The summed E-state index contributed by atoms with van der Waals surface area (Å²) < 4.78 is 5.46. The van der Waals surface area contributed by atoms with E-state index in [1.54, 1.807) is 23.1 Å². The summed E-state index contributed by atoms with van der Waals surface area (Å²) in [5.74, 6) is 0.272. The van der Waals surface area contributed by atoms with E-state index in [2.05, 4.69) is 0 Å². The Bertz CT molecular complexity index is 455. The highest BCUT2D eigenvalue weighted by Crippen LogP contribution is 2.39. The van der Waals surface area contributed by atoms with Gasteiger partial charge >= 0.3 is 5.69 Å². The number of nitro benzene ring substituents is 1. The zero-order valence-electron chi connectivity index (χ0n) is 10.4. The fourth-order valence-corrected chi connectivity index (χ4v) is 1.95. The van der Waals surface area contributed by atoms with Crippen LogP contribution in [0.25, 0.3) is 0 Å². The number of benzene rings is 1. The van der Waals surface area contributed by atoms with Crippen molar-refractivity contribution in [3.05, 3.63) is 28.3 Å². The van der Waals surface area contributed by atoms with Crippen LogP contribution in [0, 0.1) is 10.1 Å². The van der Waals surface area contributed by atoms with E-state index in [0.29, 0.717) is 18.8 Å². The molecule has 98 valence electrons. The number of anilines is 1. The van der Waals surface area contributed by atoms with Crippen molar-refractivity contribution in [2.45, 2.75) is 26.1 Å². The van der Waals surface area contributed by atoms with Gasteiger partial charge in [0.05, 0.1) is 17.1 Å². The maximum absolute atomic E-state index is 11.2. The van der Waals surface area contributed by atoms with Gasteiger partial charge in [0, 0.05) is 13.1 Å². The van der Waals surface area contributed by atoms with Gasteiger partial charge in [-0.25, -0.2) is 0 Å². The first kappa shape index (κ1) is 12.6. The van der Waals surface area contributed by atoms with Gasteiger partial charge in [0.2, 0.25) is 0 Å². The van der Waals surface area contributed by atoms with Crippen molar-refractivity contribution in [2.24, 2.45) is 0 Å². The molecule has 0 atom stereocenters. The van der Waals surface area contributed by atoms with Crippen LogP contribution in [-0.2, 0) is 0 Å². The van der Waals surface area contributed by atoms with Gasteiger partial charge in [-0.05, 0) is 26.0 Å². The molecule has 1 aliphatic rings. The van der Waals surface area contributed by atoms with Crippen molar-refractivity contribution in [3.63, 3.8) is 0 Å². The van der Waals surface area contributed by atoms with Crippen molar-refractivity contribution in [3.8, 4) is 5.75 Å². The second-order valence-electron chi connectivity index (χ2n) is 4.61. The van der Waals surface area contributed by atoms with Crippen LogP contribution in [0.15, 0.2) is 18.2 Å². The number of hydrogen-bond donors (Lipinski definition) is 1. The lowest BCUT2D eigenvalue weighted by Gasteiger charge is -2.37. The quantitative estimate of drug-likeness (QED) is 0.650. The molecule has 0 spiro atoms. The van der Waals surface area contributed by atoms with E-state index in [1.807, 2.05) is 13.8 Å². The molecule has 1 aromatic carbocycles. The summed E-state index contributed by atoms with van der Waals surface area (Å²) in [5.41, 5.74) is 0.474. The first-order chi connectivity index (χ1) is 8.49. The first-order valence-corrected chi connectivity index (χ1v) is 5.86. The van der Waals surface area contributed by atoms with Gasteiger partial charge in [-0.3, -0.25) is 10.1 Å². The highest BCUT2D eigenvalue weighted by Gasteiger charge is 2.32. The van der Waals surface area contributed by atoms with Crippen molar-refractivity contribution < 1.29 is 14.8 Å². The lowest BCUT2D eigenvalue weighted by Crippen LogP contribution is -2.51. The Hall–Kier alpha value is -1.82. The Morgan fingerprint density at radius 3 is 2.67 bits per heavy atom. The number of ether oxygens (including phenoxy) is 1. The van der Waals surface area contributed by atoms with Gasteiger partial charge in [-0.2, -0.15) is 0 Å². The molecule has 0 aromatic heterocycles. The highest BCUT2D eigenvalue weighted by molar-refractivity contribution is 5.70. The first-order valence-electron chi connectivity index (χ1n) is 5.86. The number of aliphatic hydroxyl groups is 1. The predicted molar refractivity (Wildman–Crippen MR) is 67.1 cm³/mol. The standard InChI is InChI=1S/C12H16N2O4/c1-8(2)18-11-5-3-4-10(12(11)14(16)17)13-6-9(15)7-13/h3-5,8-9,15H,6-7H2,1-2H3. The van der Waals surface area contributed by atoms with Crippen molar-refractivity contribution in [1.82, 2.24) is 0 Å². The van der Waals surface area contributed by atoms with Gasteiger partial charge < -0.3 is 14.7 Å². The number of rotatable bonds is 4. The third-order valence-electron chi connectivity index (χ3n) is 2.73. The Morgan fingerprint density at radius 1 is 1.50 bits per heavy atom. The van der Waals surface area contributed by atoms with Gasteiger partial charge in [0.25, 0.3) is 0 Å². The van der Waals surface area contributed by atoms with Gasteiger partial charge in [0.15, 0.2) is 5.75 Å². The van der Waals surface area contributed by atoms with Crippen molar-refractivity contribution >= 4 is 11.4 Å². The smallest absolute Gasteiger partial charge is 0.333 e. The lowest BCUT2D eigenvalue weighted by molar-refractivity contribution is -0.385. The van der Waals surface area contributed by atoms with Gasteiger partial charge in [0.1, 0.15) is 5.69 Å². The van der Waals surface area contributed by atoms with Crippen LogP contribution in [0.2, 0.25) is 0 Å². The van der Waals surface area contributed by atoms with E-state index in [-0.39, 0.29) is 17.5 Å². The predicted octanol–water partition coefficient (Wildman–Crippen LogP) is 1.56. The summed E-state index contributed by atoms with van der Waals surface area (Å²) in [6.45, 7) is 4.49. The van der Waals surface area contributed by atoms with Crippen LogP contribution in [0.3, 0.4) is 0 Å². The minimum atomic E-state index is -0.433. The van der Waals surface area contributed by atoms with Crippen LogP contribution >= 0.6 is 0 Å². The SMILES string of the molecule is CC(C)Oc1cccc(N2CC(O)C2)c1[N+](=O)[O-]. The summed E-state index contributed by atoms with van der Waals surface area (Å²) in [6.07, 6.45) is -0.528. The highest BCUT2D eigenvalue weighted by atomic mass is 16.6. The zero-order chi connectivity index (χ0) is 13.3. The third kappa shape index (κ3) is 2.38. The summed E-state index contributed by atoms with van der Waals surface area (Å²) in [6, 6.07) is 5.00. The zero-order valence-corrected chi connectivity index (χ0v) is 10.4. The largest absolute Gasteiger partial charge is 0.484 e. The topological polar surface area (TPSA) is 75.8 Å². The second-order valence-corrected chi connectivity index (χ2v) is 4.61. The molecule has 1 saturated heterocycles. The van der Waals surface area contributed by atoms with Crippen molar-refractivity contribution in [1.29, 1.82) is 0 Å². The monoisotopic (exact) mass is 252 g/mol. The molecule has 1 aromatic rings. The lowest BCUT2D eigenvalue weighted by atomic mass is 10.1. The second kappa shape index (κ2) is 4.81. The number of nitrogens with zero attached hydrogens (tertiary/aromatic N) is 2. The molecule has 2 rings (SSSR count). The van der Waals surface area contributed by atoms with E-state index in [4.69, 9.17) is 4.74 Å². The Morgan fingerprint density at radius 2 is 2.17 bits per heavy atom. The maximum atomic E-state index is 11.2. The average Bonchev–Trinajstić information content (AvgIpc) is 2.23. The van der Waals surface area contributed by atoms with E-state index < -0.39 is 11.0 Å². The molecule has 0 aliphatic carbocycles. The van der Waals surface area contributed by atoms with Crippen LogP contribution in [0.1, 0.15) is 13.8 Å². The number of nitro groups is 1. The molecule has 6 nitrogen and oxygen atoms in total. The summed E-state index contributed by atoms with van der Waals surface area (Å²) in [7, 11) is 0. The molecule has 6 heteroatoms. The summed E-state index contributed by atoms with van der Waals surface area (Å²) in [4.78, 5) is 12.5. The van der Waals surface area contributed by atoms with E-state index in [9.17, 15) is 15.2 Å². The van der Waals surface area contributed by atoms with E-state index >= 15 is 0 Å².